The first kappa shape index (κ1) is 39.0. The molecule has 2 saturated heterocycles. The molecule has 2 aromatic carbocycles. The van der Waals surface area contributed by atoms with Gasteiger partial charge < -0.3 is 37.8 Å². The number of unbranched alkanes of at least 4 members (excludes halogenated alkanes) is 1. The highest BCUT2D eigenvalue weighted by atomic mass is 35.5. The number of tetrazole rings is 1. The topological polar surface area (TPSA) is 231 Å². The minimum absolute atomic E-state index is 0.00516. The van der Waals surface area contributed by atoms with Crippen LogP contribution in [0.25, 0.3) is 22.5 Å². The molecule has 55 heavy (non-hydrogen) atoms. The lowest BCUT2D eigenvalue weighted by Crippen LogP contribution is -2.37. The number of carbonyl (C=O) groups is 3. The molecule has 2 aromatic heterocycles. The second-order valence-electron chi connectivity index (χ2n) is 12.8. The maximum Gasteiger partial charge on any atom is 0.511 e. The highest BCUT2D eigenvalue weighted by Crippen LogP contribution is 2.32. The van der Waals surface area contributed by atoms with Gasteiger partial charge in [0.25, 0.3) is 5.09 Å². The third kappa shape index (κ3) is 9.53. The van der Waals surface area contributed by atoms with E-state index in [0.717, 1.165) is 35.1 Å². The van der Waals surface area contributed by atoms with Gasteiger partial charge in [0.2, 0.25) is 12.1 Å². The van der Waals surface area contributed by atoms with Gasteiger partial charge in [0.1, 0.15) is 24.1 Å². The van der Waals surface area contributed by atoms with Crippen molar-refractivity contribution in [1.29, 1.82) is 0 Å². The number of benzene rings is 2. The largest absolute Gasteiger partial charge is 0.511 e. The van der Waals surface area contributed by atoms with Crippen molar-refractivity contribution in [2.24, 2.45) is 0 Å². The van der Waals surface area contributed by atoms with Crippen molar-refractivity contribution in [2.75, 3.05) is 13.2 Å². The van der Waals surface area contributed by atoms with Crippen LogP contribution in [0.1, 0.15) is 61.9 Å². The Hall–Kier alpha value is -5.66. The third-order valence-corrected chi connectivity index (χ3v) is 9.08. The van der Waals surface area contributed by atoms with Gasteiger partial charge in [-0.15, -0.1) is 20.3 Å². The number of halogens is 1. The van der Waals surface area contributed by atoms with Gasteiger partial charge in [-0.25, -0.2) is 14.6 Å². The van der Waals surface area contributed by atoms with Gasteiger partial charge in [-0.2, -0.15) is 5.21 Å². The van der Waals surface area contributed by atoms with Crippen molar-refractivity contribution >= 4 is 29.7 Å². The number of fused-ring (bicyclic) bond motifs is 1. The Labute approximate surface area is 318 Å². The summed E-state index contributed by atoms with van der Waals surface area (Å²) in [6, 6.07) is 15.5. The average Bonchev–Trinajstić information content (AvgIpc) is 3.94. The number of H-pyrrole nitrogens is 1. The number of hydrogen-bond donors (Lipinski definition) is 1. The Morgan fingerprint density at radius 2 is 1.71 bits per heavy atom. The predicted molar refractivity (Wildman–Crippen MR) is 188 cm³/mol. The number of hydrogen-bond acceptors (Lipinski definition) is 16. The minimum atomic E-state index is -1.39. The van der Waals surface area contributed by atoms with E-state index < -0.39 is 60.0 Å². The summed E-state index contributed by atoms with van der Waals surface area (Å²) in [5, 5.41) is 23.8. The Bertz CT molecular complexity index is 1980. The number of ether oxygens (including phenoxy) is 6. The smallest absolute Gasteiger partial charge is 0.457 e. The van der Waals surface area contributed by atoms with Crippen molar-refractivity contribution in [3.05, 3.63) is 80.9 Å². The van der Waals surface area contributed by atoms with Crippen molar-refractivity contribution in [3.8, 4) is 22.5 Å². The molecule has 0 amide bonds. The van der Waals surface area contributed by atoms with E-state index in [0.29, 0.717) is 18.1 Å². The molecule has 4 heterocycles. The van der Waals surface area contributed by atoms with Crippen LogP contribution in [0, 0.1) is 10.1 Å². The maximum atomic E-state index is 13.5. The number of esters is 2. The molecule has 3 unspecified atom stereocenters. The fraction of sp³-hybridized carbons (Fsp3) is 0.457. The van der Waals surface area contributed by atoms with E-state index in [-0.39, 0.29) is 37.0 Å². The summed E-state index contributed by atoms with van der Waals surface area (Å²) in [5.41, 5.74) is 3.50. The van der Waals surface area contributed by atoms with E-state index in [1.165, 1.54) is 13.8 Å². The number of nitrogens with one attached hydrogen (secondary N) is 1. The molecular formula is C35H38ClN7O12. The molecular weight excluding hydrogens is 746 g/mol. The SMILES string of the molecule is CCCCc1nc(Cl)c(C(=O)OC(C)OC(=O)O[C@@H]2COC3C2OC[C@H]3OC(=O)C[C@@H](C)O[N+](=O)[O-])n1Cc1ccc(-c2ccccc2-c2nn[nH]n2)cc1. The number of aryl methyl sites for hydroxylation is 1. The predicted octanol–water partition coefficient (Wildman–Crippen LogP) is 4.50. The average molecular weight is 784 g/mol. The number of aromatic amines is 1. The summed E-state index contributed by atoms with van der Waals surface area (Å²) in [5.74, 6) is -0.549. The van der Waals surface area contributed by atoms with Crippen molar-refractivity contribution in [2.45, 2.75) is 89.8 Å². The quantitative estimate of drug-likeness (QED) is 0.0542. The monoisotopic (exact) mass is 783 g/mol. The normalized spacial score (nSPS) is 19.9. The zero-order chi connectivity index (χ0) is 39.1. The van der Waals surface area contributed by atoms with Crippen molar-refractivity contribution in [1.82, 2.24) is 30.2 Å². The highest BCUT2D eigenvalue weighted by Gasteiger charge is 2.51. The van der Waals surface area contributed by atoms with E-state index in [1.54, 1.807) is 4.57 Å². The van der Waals surface area contributed by atoms with Gasteiger partial charge in [0, 0.05) is 25.5 Å². The lowest BCUT2D eigenvalue weighted by molar-refractivity contribution is -0.767. The lowest BCUT2D eigenvalue weighted by atomic mass is 9.98. The second-order valence-corrected chi connectivity index (χ2v) is 13.2. The van der Waals surface area contributed by atoms with Crippen LogP contribution < -0.4 is 0 Å². The molecule has 292 valence electrons. The van der Waals surface area contributed by atoms with Gasteiger partial charge in [0.05, 0.1) is 19.6 Å². The molecule has 19 nitrogen and oxygen atoms in total. The van der Waals surface area contributed by atoms with Crippen LogP contribution in [0.3, 0.4) is 0 Å². The number of rotatable bonds is 16. The van der Waals surface area contributed by atoms with E-state index >= 15 is 0 Å². The highest BCUT2D eigenvalue weighted by molar-refractivity contribution is 6.32. The molecule has 0 bridgehead atoms. The fourth-order valence-electron chi connectivity index (χ4n) is 6.32. The Kier molecular flexibility index (Phi) is 12.5. The van der Waals surface area contributed by atoms with Crippen LogP contribution in [-0.4, -0.2) is 103 Å². The van der Waals surface area contributed by atoms with Crippen LogP contribution in [0.4, 0.5) is 4.79 Å². The number of carbonyl (C=O) groups excluding carboxylic acids is 3. The molecule has 6 rings (SSSR count). The second kappa shape index (κ2) is 17.7. The van der Waals surface area contributed by atoms with Gasteiger partial charge in [-0.3, -0.25) is 4.79 Å². The summed E-state index contributed by atoms with van der Waals surface area (Å²) in [4.78, 5) is 57.8. The van der Waals surface area contributed by atoms with Gasteiger partial charge in [-0.05, 0) is 35.2 Å². The van der Waals surface area contributed by atoms with Gasteiger partial charge >= 0.3 is 18.1 Å². The molecule has 1 N–H and O–H groups in total. The number of aromatic nitrogens is 6. The molecule has 0 spiro atoms. The summed E-state index contributed by atoms with van der Waals surface area (Å²) >= 11 is 6.53. The van der Waals surface area contributed by atoms with Crippen LogP contribution >= 0.6 is 11.6 Å². The van der Waals surface area contributed by atoms with Crippen molar-refractivity contribution < 1.29 is 52.7 Å². The fourth-order valence-corrected chi connectivity index (χ4v) is 6.60. The summed E-state index contributed by atoms with van der Waals surface area (Å²) < 4.78 is 34.5. The number of nitrogens with zero attached hydrogens (tertiary/aromatic N) is 6. The van der Waals surface area contributed by atoms with E-state index in [9.17, 15) is 24.5 Å². The van der Waals surface area contributed by atoms with Crippen LogP contribution in [0.15, 0.2) is 48.5 Å². The van der Waals surface area contributed by atoms with E-state index in [4.69, 9.17) is 40.0 Å². The van der Waals surface area contributed by atoms with Gasteiger partial charge in [-0.1, -0.05) is 73.5 Å². The first-order chi connectivity index (χ1) is 26.5. The zero-order valence-electron chi connectivity index (χ0n) is 30.0. The molecule has 2 aliphatic heterocycles. The summed E-state index contributed by atoms with van der Waals surface area (Å²) in [6.45, 7) is 4.85. The lowest BCUT2D eigenvalue weighted by Gasteiger charge is -2.19. The van der Waals surface area contributed by atoms with Crippen LogP contribution in [0.5, 0.6) is 0 Å². The summed E-state index contributed by atoms with van der Waals surface area (Å²) in [7, 11) is 0. The van der Waals surface area contributed by atoms with Gasteiger partial charge in [0.15, 0.2) is 23.1 Å². The molecule has 4 aromatic rings. The van der Waals surface area contributed by atoms with Crippen molar-refractivity contribution in [3.63, 3.8) is 0 Å². The molecule has 0 saturated carbocycles. The number of imidazole rings is 1. The molecule has 2 fully saturated rings. The first-order valence-electron chi connectivity index (χ1n) is 17.5. The Balaban J connectivity index is 1.06. The Morgan fingerprint density at radius 3 is 2.36 bits per heavy atom. The Morgan fingerprint density at radius 1 is 1.02 bits per heavy atom. The molecule has 2 aliphatic rings. The molecule has 0 radical (unpaired) electrons. The molecule has 6 atom stereocenters. The van der Waals surface area contributed by atoms with Crippen LogP contribution in [0.2, 0.25) is 5.15 Å². The third-order valence-electron chi connectivity index (χ3n) is 8.82. The maximum absolute atomic E-state index is 13.5. The zero-order valence-corrected chi connectivity index (χ0v) is 30.7. The molecule has 0 aliphatic carbocycles. The van der Waals surface area contributed by atoms with Crippen LogP contribution in [-0.2, 0) is 51.0 Å². The standard InChI is InChI=1S/C35H38ClN7O12/c1-4-5-10-27-37-32(36)29(42(27)16-21-11-13-22(14-12-21)23-8-6-7-9-24(23)33-38-40-41-39-33)34(45)51-20(3)52-35(46)54-26-18-50-30-25(17-49-31(26)30)53-28(44)15-19(2)55-43(47)48/h6-9,11-14,19-20,25-26,30-31H,4-5,10,15-18H2,1-3H3,(H,38,39,40,41)/t19-,20?,25-,26-,30?,31?/m1/s1. The first-order valence-corrected chi connectivity index (χ1v) is 17.9. The van der Waals surface area contributed by atoms with E-state index in [1.807, 2.05) is 55.5 Å². The molecule has 20 heteroatoms. The minimum Gasteiger partial charge on any atom is -0.457 e. The summed E-state index contributed by atoms with van der Waals surface area (Å²) in [6.07, 6.45) is -4.97. The van der Waals surface area contributed by atoms with E-state index in [2.05, 4.69) is 30.4 Å².